The van der Waals surface area contributed by atoms with Crippen LogP contribution in [0.5, 0.6) is 0 Å². The first-order valence-corrected chi connectivity index (χ1v) is 4.91. The van der Waals surface area contributed by atoms with Crippen LogP contribution in [-0.4, -0.2) is 21.9 Å². The number of nitrogens with one attached hydrogen (secondary N) is 1. The highest BCUT2D eigenvalue weighted by Crippen LogP contribution is 2.08. The van der Waals surface area contributed by atoms with Crippen molar-refractivity contribution in [3.05, 3.63) is 15.6 Å². The maximum atomic E-state index is 11.3. The molecule has 0 saturated heterocycles. The average Bonchev–Trinajstić information content (AvgIpc) is 2.29. The number of carbonyl (C=O) groups excluding carboxylic acids is 1. The second-order valence-electron chi connectivity index (χ2n) is 2.44. The molecule has 0 aliphatic heterocycles. The summed E-state index contributed by atoms with van der Waals surface area (Å²) >= 11 is 1.84. The Morgan fingerprint density at radius 1 is 1.62 bits per heavy atom. The summed E-state index contributed by atoms with van der Waals surface area (Å²) in [6.45, 7) is 0. The second-order valence-corrected chi connectivity index (χ2v) is 3.46. The molecule has 1 rings (SSSR count). The standard InChI is InChI=1S/C6H8IN7O2/c7-3-4(8)11-1-2(12-3)5(15)16-14-6(9)13-10/h1H,10H2,(H2,8,11)(H3,9,13,14). The number of hydrogen-bond acceptors (Lipinski definition) is 7. The van der Waals surface area contributed by atoms with Gasteiger partial charge in [0, 0.05) is 0 Å². The van der Waals surface area contributed by atoms with Gasteiger partial charge in [0.1, 0.15) is 3.70 Å². The predicted octanol–water partition coefficient (Wildman–Crippen LogP) is -1.49. The lowest BCUT2D eigenvalue weighted by atomic mass is 10.4. The van der Waals surface area contributed by atoms with Gasteiger partial charge in [-0.05, 0) is 22.6 Å². The molecule has 1 aromatic rings. The zero-order valence-electron chi connectivity index (χ0n) is 7.85. The first-order valence-electron chi connectivity index (χ1n) is 3.83. The maximum absolute atomic E-state index is 11.3. The van der Waals surface area contributed by atoms with Crippen LogP contribution >= 0.6 is 22.6 Å². The lowest BCUT2D eigenvalue weighted by Crippen LogP contribution is -2.34. The molecular weight excluding hydrogens is 329 g/mol. The topological polar surface area (TPSA) is 155 Å². The van der Waals surface area contributed by atoms with Crippen molar-refractivity contribution in [1.29, 1.82) is 0 Å². The van der Waals surface area contributed by atoms with E-state index in [1.54, 1.807) is 0 Å². The molecule has 7 N–H and O–H groups in total. The van der Waals surface area contributed by atoms with Gasteiger partial charge in [0.2, 0.25) is 5.96 Å². The molecule has 10 heteroatoms. The minimum atomic E-state index is -0.781. The van der Waals surface area contributed by atoms with E-state index in [2.05, 4.69) is 19.9 Å². The van der Waals surface area contributed by atoms with Gasteiger partial charge in [-0.3, -0.25) is 0 Å². The van der Waals surface area contributed by atoms with Crippen molar-refractivity contribution in [1.82, 2.24) is 15.4 Å². The smallest absolute Gasteiger partial charge is 0.382 e. The number of nitrogens with two attached hydrogens (primary N) is 3. The summed E-state index contributed by atoms with van der Waals surface area (Å²) in [7, 11) is 0. The van der Waals surface area contributed by atoms with Crippen molar-refractivity contribution >= 4 is 40.3 Å². The summed E-state index contributed by atoms with van der Waals surface area (Å²) in [4.78, 5) is 23.4. The fraction of sp³-hybridized carbons (Fsp3) is 0. The van der Waals surface area contributed by atoms with Gasteiger partial charge in [0.25, 0.3) is 0 Å². The number of hydrogen-bond donors (Lipinski definition) is 4. The monoisotopic (exact) mass is 337 g/mol. The highest BCUT2D eigenvalue weighted by molar-refractivity contribution is 14.1. The third-order valence-corrected chi connectivity index (χ3v) is 2.15. The minimum Gasteiger partial charge on any atom is -0.382 e. The molecule has 0 amide bonds. The molecule has 86 valence electrons. The van der Waals surface area contributed by atoms with Crippen LogP contribution in [-0.2, 0) is 4.84 Å². The van der Waals surface area contributed by atoms with Gasteiger partial charge in [-0.15, -0.1) is 5.10 Å². The van der Waals surface area contributed by atoms with Crippen LogP contribution in [0.4, 0.5) is 5.82 Å². The van der Waals surface area contributed by atoms with E-state index in [-0.39, 0.29) is 17.5 Å². The van der Waals surface area contributed by atoms with Crippen LogP contribution in [0.1, 0.15) is 10.5 Å². The largest absolute Gasteiger partial charge is 0.382 e. The first kappa shape index (κ1) is 12.2. The Kier molecular flexibility index (Phi) is 4.04. The van der Waals surface area contributed by atoms with E-state index in [1.807, 2.05) is 28.1 Å². The van der Waals surface area contributed by atoms with E-state index < -0.39 is 5.97 Å². The maximum Gasteiger partial charge on any atom is 0.382 e. The lowest BCUT2D eigenvalue weighted by molar-refractivity contribution is 0.0376. The van der Waals surface area contributed by atoms with Gasteiger partial charge in [-0.1, -0.05) is 0 Å². The summed E-state index contributed by atoms with van der Waals surface area (Å²) in [5, 5.41) is 3.03. The average molecular weight is 337 g/mol. The molecule has 0 bridgehead atoms. The molecule has 0 saturated carbocycles. The van der Waals surface area contributed by atoms with Gasteiger partial charge in [-0.25, -0.2) is 14.8 Å². The molecule has 0 radical (unpaired) electrons. The van der Waals surface area contributed by atoms with E-state index in [4.69, 9.17) is 17.3 Å². The number of nitrogen functional groups attached to an aromatic ring is 1. The molecule has 0 spiro atoms. The Bertz CT molecular complexity index is 435. The van der Waals surface area contributed by atoms with Crippen molar-refractivity contribution in [3.63, 3.8) is 0 Å². The number of nitrogens with zero attached hydrogens (tertiary/aromatic N) is 3. The number of carbonyl (C=O) groups is 1. The number of halogens is 1. The predicted molar refractivity (Wildman–Crippen MR) is 63.5 cm³/mol. The molecule has 9 nitrogen and oxygen atoms in total. The van der Waals surface area contributed by atoms with Crippen molar-refractivity contribution in [2.24, 2.45) is 16.7 Å². The Labute approximate surface area is 104 Å². The van der Waals surface area contributed by atoms with Crippen LogP contribution < -0.4 is 22.8 Å². The number of rotatable bonds is 1. The van der Waals surface area contributed by atoms with Crippen molar-refractivity contribution in [2.45, 2.75) is 0 Å². The number of hydrazone groups is 1. The molecule has 0 fully saturated rings. The molecule has 1 heterocycles. The summed E-state index contributed by atoms with van der Waals surface area (Å²) in [5.74, 6) is 4.01. The van der Waals surface area contributed by atoms with Crippen molar-refractivity contribution in [2.75, 3.05) is 5.73 Å². The highest BCUT2D eigenvalue weighted by atomic mass is 127. The van der Waals surface area contributed by atoms with Crippen LogP contribution in [0.25, 0.3) is 0 Å². The molecule has 1 aromatic heterocycles. The number of anilines is 1. The van der Waals surface area contributed by atoms with Gasteiger partial charge in [0.15, 0.2) is 11.5 Å². The van der Waals surface area contributed by atoms with E-state index in [9.17, 15) is 4.79 Å². The second kappa shape index (κ2) is 5.29. The summed E-state index contributed by atoms with van der Waals surface area (Å²) in [6.07, 6.45) is 1.18. The van der Waals surface area contributed by atoms with Crippen molar-refractivity contribution in [3.8, 4) is 0 Å². The van der Waals surface area contributed by atoms with Crippen LogP contribution in [0.3, 0.4) is 0 Å². The fourth-order valence-electron chi connectivity index (χ4n) is 0.651. The Morgan fingerprint density at radius 3 is 2.88 bits per heavy atom. The molecule has 0 aliphatic carbocycles. The zero-order valence-corrected chi connectivity index (χ0v) is 10.0. The molecule has 0 aliphatic rings. The van der Waals surface area contributed by atoms with Gasteiger partial charge in [0.05, 0.1) is 6.20 Å². The molecule has 0 atom stereocenters. The molecule has 0 unspecified atom stereocenters. The van der Waals surface area contributed by atoms with Gasteiger partial charge in [-0.2, -0.15) is 5.48 Å². The van der Waals surface area contributed by atoms with E-state index in [0.29, 0.717) is 3.70 Å². The molecular formula is C6H8IN7O2. The fourth-order valence-corrected chi connectivity index (χ4v) is 1.05. The highest BCUT2D eigenvalue weighted by Gasteiger charge is 2.12. The summed E-state index contributed by atoms with van der Waals surface area (Å²) in [5.41, 5.74) is 12.6. The number of aromatic nitrogens is 2. The third kappa shape index (κ3) is 3.08. The van der Waals surface area contributed by atoms with Crippen LogP contribution in [0, 0.1) is 3.70 Å². The SMILES string of the molecule is N/N=C(\N)NOC(=O)c1cnc(N)c(I)n1. The third-order valence-electron chi connectivity index (χ3n) is 1.35. The Hall–Kier alpha value is -1.85. The van der Waals surface area contributed by atoms with Gasteiger partial charge < -0.3 is 22.1 Å². The van der Waals surface area contributed by atoms with E-state index in [0.717, 1.165) is 0 Å². The zero-order chi connectivity index (χ0) is 12.1. The van der Waals surface area contributed by atoms with Crippen LogP contribution in [0.2, 0.25) is 0 Å². The molecule has 16 heavy (non-hydrogen) atoms. The lowest BCUT2D eigenvalue weighted by Gasteiger charge is -2.04. The Balaban J connectivity index is 2.70. The normalized spacial score (nSPS) is 10.9. The summed E-state index contributed by atoms with van der Waals surface area (Å²) in [6, 6.07) is 0. The summed E-state index contributed by atoms with van der Waals surface area (Å²) < 4.78 is 0.396. The van der Waals surface area contributed by atoms with Crippen molar-refractivity contribution < 1.29 is 9.63 Å². The number of guanidine groups is 1. The van der Waals surface area contributed by atoms with Crippen LogP contribution in [0.15, 0.2) is 11.3 Å². The quantitative estimate of drug-likeness (QED) is 0.159. The molecule has 0 aromatic carbocycles. The first-order chi connectivity index (χ1) is 7.54. The van der Waals surface area contributed by atoms with E-state index in [1.165, 1.54) is 6.20 Å². The van der Waals surface area contributed by atoms with E-state index >= 15 is 0 Å². The Morgan fingerprint density at radius 2 is 2.31 bits per heavy atom. The minimum absolute atomic E-state index is 0.0177. The number of hydroxylamine groups is 1. The van der Waals surface area contributed by atoms with Gasteiger partial charge >= 0.3 is 5.97 Å².